The standard InChI is InChI=1S/C10H14N4O4/c1-14-7(5-6-11-14)12-10(18)13-8(15)3-2-4-9(16)17/h5-6H,2-4H2,1H3,(H,16,17)(H2,12,13,15,18). The quantitative estimate of drug-likeness (QED) is 0.700. The fourth-order valence-corrected chi connectivity index (χ4v) is 1.23. The Morgan fingerprint density at radius 3 is 2.67 bits per heavy atom. The average molecular weight is 254 g/mol. The summed E-state index contributed by atoms with van der Waals surface area (Å²) in [6, 6.07) is 0.910. The molecular formula is C10H14N4O4. The number of aryl methyl sites for hydroxylation is 1. The van der Waals surface area contributed by atoms with E-state index >= 15 is 0 Å². The predicted octanol–water partition coefficient (Wildman–Crippen LogP) is 0.323. The summed E-state index contributed by atoms with van der Waals surface area (Å²) in [6.07, 6.45) is 1.59. The van der Waals surface area contributed by atoms with Crippen molar-refractivity contribution in [3.05, 3.63) is 12.3 Å². The Kier molecular flexibility index (Phi) is 4.85. The van der Waals surface area contributed by atoms with Crippen LogP contribution in [0.25, 0.3) is 0 Å². The van der Waals surface area contributed by atoms with Crippen LogP contribution in [-0.4, -0.2) is 32.8 Å². The third kappa shape index (κ3) is 4.64. The minimum absolute atomic E-state index is 0.00882. The van der Waals surface area contributed by atoms with Gasteiger partial charge >= 0.3 is 12.0 Å². The van der Waals surface area contributed by atoms with E-state index in [4.69, 9.17) is 5.11 Å². The molecule has 1 aromatic heterocycles. The fourth-order valence-electron chi connectivity index (χ4n) is 1.23. The Morgan fingerprint density at radius 1 is 1.39 bits per heavy atom. The van der Waals surface area contributed by atoms with Gasteiger partial charge in [0, 0.05) is 26.0 Å². The van der Waals surface area contributed by atoms with Crippen molar-refractivity contribution in [1.29, 1.82) is 0 Å². The lowest BCUT2D eigenvalue weighted by molar-refractivity contribution is -0.137. The molecule has 0 unspecified atom stereocenters. The van der Waals surface area contributed by atoms with E-state index in [2.05, 4.69) is 15.7 Å². The summed E-state index contributed by atoms with van der Waals surface area (Å²) in [5.74, 6) is -1.04. The Morgan fingerprint density at radius 2 is 2.11 bits per heavy atom. The maximum atomic E-state index is 11.4. The molecule has 8 nitrogen and oxygen atoms in total. The summed E-state index contributed by atoms with van der Waals surface area (Å²) in [4.78, 5) is 32.9. The van der Waals surface area contributed by atoms with Crippen LogP contribution in [0.3, 0.4) is 0 Å². The molecule has 0 saturated carbocycles. The summed E-state index contributed by atoms with van der Waals surface area (Å²) in [5, 5.41) is 16.8. The molecule has 0 fully saturated rings. The SMILES string of the molecule is Cn1nccc1NC(=O)NC(=O)CCCC(=O)O. The summed E-state index contributed by atoms with van der Waals surface area (Å²) in [7, 11) is 1.64. The maximum absolute atomic E-state index is 11.4. The van der Waals surface area contributed by atoms with Crippen LogP contribution in [0.2, 0.25) is 0 Å². The monoisotopic (exact) mass is 254 g/mol. The third-order valence-corrected chi connectivity index (χ3v) is 2.11. The summed E-state index contributed by atoms with van der Waals surface area (Å²) >= 11 is 0. The largest absolute Gasteiger partial charge is 0.481 e. The lowest BCUT2D eigenvalue weighted by atomic mass is 10.2. The van der Waals surface area contributed by atoms with Crippen molar-refractivity contribution in [2.75, 3.05) is 5.32 Å². The van der Waals surface area contributed by atoms with E-state index in [0.717, 1.165) is 0 Å². The number of hydrogen-bond donors (Lipinski definition) is 3. The van der Waals surface area contributed by atoms with Crippen LogP contribution in [0, 0.1) is 0 Å². The van der Waals surface area contributed by atoms with E-state index in [1.165, 1.54) is 10.9 Å². The Balaban J connectivity index is 2.30. The van der Waals surface area contributed by atoms with Gasteiger partial charge in [-0.05, 0) is 6.42 Å². The van der Waals surface area contributed by atoms with Crippen molar-refractivity contribution in [2.24, 2.45) is 7.05 Å². The zero-order valence-corrected chi connectivity index (χ0v) is 9.84. The van der Waals surface area contributed by atoms with Crippen LogP contribution in [0.4, 0.5) is 10.6 Å². The van der Waals surface area contributed by atoms with Gasteiger partial charge in [0.2, 0.25) is 5.91 Å². The number of amides is 3. The van der Waals surface area contributed by atoms with Crippen LogP contribution in [0.1, 0.15) is 19.3 Å². The van der Waals surface area contributed by atoms with E-state index in [1.54, 1.807) is 13.1 Å². The second-order valence-corrected chi connectivity index (χ2v) is 3.59. The Bertz CT molecular complexity index is 454. The molecule has 1 rings (SSSR count). The molecule has 0 aromatic carbocycles. The lowest BCUT2D eigenvalue weighted by Crippen LogP contribution is -2.34. The van der Waals surface area contributed by atoms with Gasteiger partial charge in [-0.3, -0.25) is 24.9 Å². The van der Waals surface area contributed by atoms with E-state index in [-0.39, 0.29) is 19.3 Å². The molecule has 18 heavy (non-hydrogen) atoms. The fraction of sp³-hybridized carbons (Fsp3) is 0.400. The molecule has 98 valence electrons. The first kappa shape index (κ1) is 13.7. The molecule has 0 bridgehead atoms. The van der Waals surface area contributed by atoms with Gasteiger partial charge in [0.1, 0.15) is 5.82 Å². The van der Waals surface area contributed by atoms with Crippen molar-refractivity contribution in [2.45, 2.75) is 19.3 Å². The van der Waals surface area contributed by atoms with E-state index in [9.17, 15) is 14.4 Å². The molecular weight excluding hydrogens is 240 g/mol. The van der Waals surface area contributed by atoms with Crippen LogP contribution < -0.4 is 10.6 Å². The van der Waals surface area contributed by atoms with Gasteiger partial charge in [-0.1, -0.05) is 0 Å². The summed E-state index contributed by atoms with van der Waals surface area (Å²) in [6.45, 7) is 0. The number of rotatable bonds is 5. The van der Waals surface area contributed by atoms with Gasteiger partial charge in [-0.2, -0.15) is 5.10 Å². The zero-order valence-electron chi connectivity index (χ0n) is 9.84. The molecule has 1 aromatic rings. The lowest BCUT2D eigenvalue weighted by Gasteiger charge is -2.06. The van der Waals surface area contributed by atoms with E-state index in [1.807, 2.05) is 0 Å². The van der Waals surface area contributed by atoms with Gasteiger partial charge in [0.15, 0.2) is 0 Å². The highest BCUT2D eigenvalue weighted by atomic mass is 16.4. The van der Waals surface area contributed by atoms with Crippen molar-refractivity contribution in [3.63, 3.8) is 0 Å². The smallest absolute Gasteiger partial charge is 0.327 e. The zero-order chi connectivity index (χ0) is 13.5. The second-order valence-electron chi connectivity index (χ2n) is 3.59. The molecule has 0 atom stereocenters. The van der Waals surface area contributed by atoms with Crippen LogP contribution in [0.15, 0.2) is 12.3 Å². The van der Waals surface area contributed by atoms with Crippen molar-refractivity contribution in [3.8, 4) is 0 Å². The first-order valence-electron chi connectivity index (χ1n) is 5.29. The van der Waals surface area contributed by atoms with Crippen molar-refractivity contribution < 1.29 is 19.5 Å². The molecule has 0 saturated heterocycles. The number of carbonyl (C=O) groups is 3. The highest BCUT2D eigenvalue weighted by molar-refractivity contribution is 6.00. The predicted molar refractivity (Wildman–Crippen MR) is 61.9 cm³/mol. The number of aliphatic carboxylic acids is 1. The maximum Gasteiger partial charge on any atom is 0.327 e. The number of nitrogens with zero attached hydrogens (tertiary/aromatic N) is 2. The number of carboxylic acid groups (broad SMARTS) is 1. The molecule has 1 heterocycles. The number of hydrogen-bond acceptors (Lipinski definition) is 4. The molecule has 0 aliphatic rings. The normalized spacial score (nSPS) is 9.83. The number of carbonyl (C=O) groups excluding carboxylic acids is 2. The molecule has 8 heteroatoms. The minimum Gasteiger partial charge on any atom is -0.481 e. The van der Waals surface area contributed by atoms with Gasteiger partial charge in [-0.15, -0.1) is 0 Å². The van der Waals surface area contributed by atoms with Crippen LogP contribution in [0.5, 0.6) is 0 Å². The first-order chi connectivity index (χ1) is 8.49. The van der Waals surface area contributed by atoms with E-state index < -0.39 is 17.9 Å². The van der Waals surface area contributed by atoms with Gasteiger partial charge < -0.3 is 5.11 Å². The minimum atomic E-state index is -0.970. The Hall–Kier alpha value is -2.38. The number of anilines is 1. The highest BCUT2D eigenvalue weighted by Crippen LogP contribution is 2.02. The van der Waals surface area contributed by atoms with Gasteiger partial charge in [-0.25, -0.2) is 4.79 Å². The molecule has 0 aliphatic heterocycles. The average Bonchev–Trinajstić information content (AvgIpc) is 2.63. The topological polar surface area (TPSA) is 113 Å². The summed E-state index contributed by atoms with van der Waals surface area (Å²) in [5.41, 5.74) is 0. The van der Waals surface area contributed by atoms with Gasteiger partial charge in [0.05, 0.1) is 6.20 Å². The van der Waals surface area contributed by atoms with Crippen molar-refractivity contribution in [1.82, 2.24) is 15.1 Å². The van der Waals surface area contributed by atoms with E-state index in [0.29, 0.717) is 5.82 Å². The number of nitrogens with one attached hydrogen (secondary N) is 2. The Labute approximate surface area is 103 Å². The number of carboxylic acids is 1. The second kappa shape index (κ2) is 6.38. The number of urea groups is 1. The molecule has 0 aliphatic carbocycles. The molecule has 0 radical (unpaired) electrons. The highest BCUT2D eigenvalue weighted by Gasteiger charge is 2.09. The molecule has 3 amide bonds. The third-order valence-electron chi connectivity index (χ3n) is 2.11. The van der Waals surface area contributed by atoms with Crippen LogP contribution >= 0.6 is 0 Å². The number of imide groups is 1. The summed E-state index contributed by atoms with van der Waals surface area (Å²) < 4.78 is 1.44. The molecule has 0 spiro atoms. The van der Waals surface area contributed by atoms with Crippen LogP contribution in [-0.2, 0) is 16.6 Å². The van der Waals surface area contributed by atoms with Gasteiger partial charge in [0.25, 0.3) is 0 Å². The molecule has 3 N–H and O–H groups in total. The first-order valence-corrected chi connectivity index (χ1v) is 5.29. The number of aromatic nitrogens is 2. The van der Waals surface area contributed by atoms with Crippen molar-refractivity contribution >= 4 is 23.7 Å².